The van der Waals surface area contributed by atoms with E-state index in [2.05, 4.69) is 60.2 Å². The van der Waals surface area contributed by atoms with Crippen molar-refractivity contribution in [1.82, 2.24) is 5.43 Å². The molecule has 2 nitrogen and oxygen atoms in total. The van der Waals surface area contributed by atoms with Gasteiger partial charge in [0, 0.05) is 4.90 Å². The first-order valence-corrected chi connectivity index (χ1v) is 8.75. The Balaban J connectivity index is 1.95. The van der Waals surface area contributed by atoms with Crippen LogP contribution in [0.1, 0.15) is 47.9 Å². The molecule has 0 aliphatic heterocycles. The van der Waals surface area contributed by atoms with Crippen LogP contribution in [0, 0.1) is 0 Å². The maximum Gasteiger partial charge on any atom is 0.0712 e. The average Bonchev–Trinajstić information content (AvgIpc) is 2.49. The maximum atomic E-state index is 5.88. The molecule has 1 saturated carbocycles. The number of hydrogen-bond donors (Lipinski definition) is 2. The van der Waals surface area contributed by atoms with Crippen LogP contribution in [0.5, 0.6) is 0 Å². The Morgan fingerprint density at radius 1 is 1.10 bits per heavy atom. The minimum absolute atomic E-state index is 0.0673. The summed E-state index contributed by atoms with van der Waals surface area (Å²) in [6.45, 7) is 0. The van der Waals surface area contributed by atoms with Crippen LogP contribution in [-0.4, -0.2) is 6.26 Å². The molecule has 0 aromatic heterocycles. The zero-order valence-corrected chi connectivity index (χ0v) is 13.2. The van der Waals surface area contributed by atoms with Gasteiger partial charge >= 0.3 is 0 Å². The number of hydrazine groups is 1. The Kier molecular flexibility index (Phi) is 4.63. The predicted octanol–water partition coefficient (Wildman–Crippen LogP) is 4.23. The monoisotopic (exact) mass is 298 g/mol. The molecule has 110 valence electrons. The van der Waals surface area contributed by atoms with Crippen LogP contribution in [-0.2, 0) is 0 Å². The van der Waals surface area contributed by atoms with Crippen LogP contribution in [0.3, 0.4) is 0 Å². The number of rotatable bonds is 5. The molecule has 3 heteroatoms. The zero-order chi connectivity index (χ0) is 14.7. The molecule has 0 radical (unpaired) electrons. The highest BCUT2D eigenvalue weighted by molar-refractivity contribution is 7.98. The van der Waals surface area contributed by atoms with Gasteiger partial charge < -0.3 is 0 Å². The lowest BCUT2D eigenvalue weighted by atomic mass is 9.76. The summed E-state index contributed by atoms with van der Waals surface area (Å²) in [4.78, 5) is 1.28. The second-order valence-corrected chi connectivity index (χ2v) is 6.51. The standard InChI is InChI=1S/C18H22N2S/c1-21-15-11-9-14(10-12-15)18(20-19)17-8-3-2-7-16(17)13-5-4-6-13/h2-3,7-13,18,20H,4-6,19H2,1H3. The van der Waals surface area contributed by atoms with Crippen LogP contribution >= 0.6 is 11.8 Å². The lowest BCUT2D eigenvalue weighted by molar-refractivity contribution is 0.414. The van der Waals surface area contributed by atoms with Gasteiger partial charge in [0.05, 0.1) is 6.04 Å². The minimum Gasteiger partial charge on any atom is -0.271 e. The first kappa shape index (κ1) is 14.6. The second-order valence-electron chi connectivity index (χ2n) is 5.63. The van der Waals surface area contributed by atoms with E-state index in [1.165, 1.54) is 40.8 Å². The number of nitrogens with two attached hydrogens (primary N) is 1. The molecule has 1 atom stereocenters. The summed E-state index contributed by atoms with van der Waals surface area (Å²) in [5, 5.41) is 0. The molecule has 1 aliphatic carbocycles. The Labute approximate surface area is 131 Å². The first-order chi connectivity index (χ1) is 10.3. The molecule has 3 rings (SSSR count). The van der Waals surface area contributed by atoms with Gasteiger partial charge in [-0.15, -0.1) is 11.8 Å². The second kappa shape index (κ2) is 6.65. The minimum atomic E-state index is 0.0673. The third kappa shape index (κ3) is 3.00. The van der Waals surface area contributed by atoms with Crippen molar-refractivity contribution in [2.75, 3.05) is 6.26 Å². The summed E-state index contributed by atoms with van der Waals surface area (Å²) < 4.78 is 0. The van der Waals surface area contributed by atoms with Crippen molar-refractivity contribution in [2.24, 2.45) is 5.84 Å². The zero-order valence-electron chi connectivity index (χ0n) is 12.4. The average molecular weight is 298 g/mol. The summed E-state index contributed by atoms with van der Waals surface area (Å²) in [6, 6.07) is 17.5. The van der Waals surface area contributed by atoms with Crippen LogP contribution in [0.4, 0.5) is 0 Å². The molecule has 1 unspecified atom stereocenters. The summed E-state index contributed by atoms with van der Waals surface area (Å²) in [5.74, 6) is 6.59. The van der Waals surface area contributed by atoms with E-state index in [1.807, 2.05) is 0 Å². The van der Waals surface area contributed by atoms with Gasteiger partial charge in [-0.1, -0.05) is 42.8 Å². The van der Waals surface area contributed by atoms with E-state index < -0.39 is 0 Å². The number of benzene rings is 2. The van der Waals surface area contributed by atoms with Crippen molar-refractivity contribution in [2.45, 2.75) is 36.1 Å². The number of hydrogen-bond acceptors (Lipinski definition) is 3. The van der Waals surface area contributed by atoms with E-state index in [1.54, 1.807) is 11.8 Å². The van der Waals surface area contributed by atoms with Crippen LogP contribution < -0.4 is 11.3 Å². The maximum absolute atomic E-state index is 5.88. The van der Waals surface area contributed by atoms with E-state index in [-0.39, 0.29) is 6.04 Å². The van der Waals surface area contributed by atoms with Crippen molar-refractivity contribution in [1.29, 1.82) is 0 Å². The predicted molar refractivity (Wildman–Crippen MR) is 90.4 cm³/mol. The van der Waals surface area contributed by atoms with Gasteiger partial charge in [-0.2, -0.15) is 0 Å². The quantitative estimate of drug-likeness (QED) is 0.493. The third-order valence-corrected chi connectivity index (χ3v) is 5.21. The van der Waals surface area contributed by atoms with Crippen molar-refractivity contribution in [3.8, 4) is 0 Å². The molecular weight excluding hydrogens is 276 g/mol. The molecule has 0 spiro atoms. The van der Waals surface area contributed by atoms with Crippen molar-refractivity contribution in [3.63, 3.8) is 0 Å². The first-order valence-electron chi connectivity index (χ1n) is 7.52. The van der Waals surface area contributed by atoms with Gasteiger partial charge in [0.1, 0.15) is 0 Å². The molecule has 2 aromatic rings. The fourth-order valence-electron chi connectivity index (χ4n) is 3.03. The topological polar surface area (TPSA) is 38.0 Å². The molecule has 0 amide bonds. The number of thioether (sulfide) groups is 1. The summed E-state index contributed by atoms with van der Waals surface area (Å²) >= 11 is 1.76. The third-order valence-electron chi connectivity index (χ3n) is 4.47. The normalized spacial score (nSPS) is 16.5. The molecule has 0 heterocycles. The highest BCUT2D eigenvalue weighted by Crippen LogP contribution is 2.40. The smallest absolute Gasteiger partial charge is 0.0712 e. The van der Waals surface area contributed by atoms with Gasteiger partial charge in [0.25, 0.3) is 0 Å². The Morgan fingerprint density at radius 3 is 2.38 bits per heavy atom. The van der Waals surface area contributed by atoms with Gasteiger partial charge in [-0.25, -0.2) is 5.43 Å². The highest BCUT2D eigenvalue weighted by atomic mass is 32.2. The molecule has 2 aromatic carbocycles. The fraction of sp³-hybridized carbons (Fsp3) is 0.333. The Hall–Kier alpha value is -1.29. The van der Waals surface area contributed by atoms with E-state index in [0.29, 0.717) is 5.92 Å². The van der Waals surface area contributed by atoms with Gasteiger partial charge in [-0.3, -0.25) is 5.84 Å². The highest BCUT2D eigenvalue weighted by Gasteiger charge is 2.25. The van der Waals surface area contributed by atoms with E-state index in [4.69, 9.17) is 5.84 Å². The fourth-order valence-corrected chi connectivity index (χ4v) is 3.43. The van der Waals surface area contributed by atoms with Crippen LogP contribution in [0.25, 0.3) is 0 Å². The van der Waals surface area contributed by atoms with Crippen LogP contribution in [0.2, 0.25) is 0 Å². The lowest BCUT2D eigenvalue weighted by Gasteiger charge is -2.30. The van der Waals surface area contributed by atoms with E-state index in [9.17, 15) is 0 Å². The number of nitrogens with one attached hydrogen (secondary N) is 1. The van der Waals surface area contributed by atoms with E-state index in [0.717, 1.165) is 0 Å². The van der Waals surface area contributed by atoms with Crippen molar-refractivity contribution >= 4 is 11.8 Å². The Morgan fingerprint density at radius 2 is 1.81 bits per heavy atom. The van der Waals surface area contributed by atoms with Crippen LogP contribution in [0.15, 0.2) is 53.4 Å². The molecule has 0 saturated heterocycles. The SMILES string of the molecule is CSc1ccc(C(NN)c2ccccc2C2CCC2)cc1. The van der Waals surface area contributed by atoms with Gasteiger partial charge in [0.2, 0.25) is 0 Å². The lowest BCUT2D eigenvalue weighted by Crippen LogP contribution is -2.30. The summed E-state index contributed by atoms with van der Waals surface area (Å²) in [7, 11) is 0. The summed E-state index contributed by atoms with van der Waals surface area (Å²) in [6.07, 6.45) is 6.06. The molecular formula is C18H22N2S. The van der Waals surface area contributed by atoms with Crippen molar-refractivity contribution < 1.29 is 0 Å². The molecule has 1 fully saturated rings. The Bertz CT molecular complexity index is 590. The molecule has 3 N–H and O–H groups in total. The van der Waals surface area contributed by atoms with E-state index >= 15 is 0 Å². The molecule has 1 aliphatic rings. The largest absolute Gasteiger partial charge is 0.271 e. The molecule has 21 heavy (non-hydrogen) atoms. The van der Waals surface area contributed by atoms with Gasteiger partial charge in [0.15, 0.2) is 0 Å². The molecule has 0 bridgehead atoms. The van der Waals surface area contributed by atoms with Crippen molar-refractivity contribution in [3.05, 3.63) is 65.2 Å². The summed E-state index contributed by atoms with van der Waals surface area (Å²) in [5.41, 5.74) is 7.01. The van der Waals surface area contributed by atoms with Gasteiger partial charge in [-0.05, 0) is 53.8 Å².